The van der Waals surface area contributed by atoms with Crippen LogP contribution in [0.4, 0.5) is 17.1 Å². The molecule has 1 N–H and O–H groups in total. The molecule has 8 nitrogen and oxygen atoms in total. The third-order valence-corrected chi connectivity index (χ3v) is 9.14. The Hall–Kier alpha value is -3.43. The summed E-state index contributed by atoms with van der Waals surface area (Å²) in [7, 11) is 0. The maximum atomic E-state index is 12.1. The molecule has 184 valence electrons. The molecule has 5 atom stereocenters. The van der Waals surface area contributed by atoms with Gasteiger partial charge in [-0.3, -0.25) is 25.0 Å². The molecule has 5 unspecified atom stereocenters. The second-order valence-corrected chi connectivity index (χ2v) is 10.9. The summed E-state index contributed by atoms with van der Waals surface area (Å²) in [6, 6.07) is 18.5. The Balaban J connectivity index is 1.55. The van der Waals surface area contributed by atoms with Gasteiger partial charge in [-0.2, -0.15) is 0 Å². The highest BCUT2D eigenvalue weighted by atomic mass is 35.5. The summed E-state index contributed by atoms with van der Waals surface area (Å²) in [6.07, 6.45) is 0.675. The molecule has 3 aromatic carbocycles. The van der Waals surface area contributed by atoms with E-state index in [9.17, 15) is 25.0 Å². The van der Waals surface area contributed by atoms with Gasteiger partial charge in [-0.25, -0.2) is 0 Å². The van der Waals surface area contributed by atoms with Crippen LogP contribution < -0.4 is 5.32 Å². The van der Waals surface area contributed by atoms with Crippen LogP contribution in [-0.2, 0) is 0 Å². The van der Waals surface area contributed by atoms with E-state index in [1.54, 1.807) is 36.4 Å². The second-order valence-electron chi connectivity index (χ2n) is 9.08. The number of non-ortho nitro benzene ring substituents is 1. The van der Waals surface area contributed by atoms with E-state index in [1.807, 2.05) is 12.1 Å². The molecule has 36 heavy (non-hydrogen) atoms. The van der Waals surface area contributed by atoms with Crippen LogP contribution >= 0.6 is 23.4 Å². The lowest BCUT2D eigenvalue weighted by molar-refractivity contribution is -0.387. The molecule has 10 heteroatoms. The maximum absolute atomic E-state index is 12.1. The van der Waals surface area contributed by atoms with Gasteiger partial charge in [0.1, 0.15) is 0 Å². The number of rotatable bonds is 6. The Morgan fingerprint density at radius 2 is 1.75 bits per heavy atom. The van der Waals surface area contributed by atoms with Gasteiger partial charge < -0.3 is 5.32 Å². The number of hydrogen-bond donors (Lipinski definition) is 1. The summed E-state index contributed by atoms with van der Waals surface area (Å²) < 4.78 is 0. The van der Waals surface area contributed by atoms with Crippen molar-refractivity contribution in [1.29, 1.82) is 0 Å². The molecular formula is C26H22ClN3O5S. The van der Waals surface area contributed by atoms with Crippen molar-refractivity contribution < 1.29 is 14.6 Å². The fourth-order valence-corrected chi connectivity index (χ4v) is 7.28. The van der Waals surface area contributed by atoms with Crippen LogP contribution in [0.5, 0.6) is 0 Å². The number of alkyl halides is 1. The first-order chi connectivity index (χ1) is 17.2. The lowest BCUT2D eigenvalue weighted by Gasteiger charge is -2.38. The van der Waals surface area contributed by atoms with Crippen molar-refractivity contribution in [3.63, 3.8) is 0 Å². The number of thioether (sulfide) groups is 1. The molecule has 5 rings (SSSR count). The number of para-hydroxylation sites is 1. The number of fused-ring (bicyclic) bond motifs is 3. The van der Waals surface area contributed by atoms with Gasteiger partial charge in [0.25, 0.3) is 11.4 Å². The number of halogens is 1. The van der Waals surface area contributed by atoms with E-state index in [1.165, 1.54) is 36.9 Å². The van der Waals surface area contributed by atoms with Crippen molar-refractivity contribution in [2.75, 3.05) is 5.32 Å². The average molecular weight is 524 g/mol. The summed E-state index contributed by atoms with van der Waals surface area (Å²) in [4.78, 5) is 34.6. The number of ketones is 1. The number of hydrogen-bond acceptors (Lipinski definition) is 7. The minimum atomic E-state index is -0.427. The summed E-state index contributed by atoms with van der Waals surface area (Å²) in [5.74, 6) is -0.131. The lowest BCUT2D eigenvalue weighted by Crippen LogP contribution is -2.31. The van der Waals surface area contributed by atoms with Crippen LogP contribution in [-0.4, -0.2) is 26.3 Å². The zero-order chi connectivity index (χ0) is 25.6. The fourth-order valence-electron chi connectivity index (χ4n) is 5.34. The summed E-state index contributed by atoms with van der Waals surface area (Å²) in [5, 5.41) is 25.8. The van der Waals surface area contributed by atoms with Gasteiger partial charge in [-0.15, -0.1) is 23.4 Å². The van der Waals surface area contributed by atoms with Crippen molar-refractivity contribution >= 4 is 46.2 Å². The predicted molar refractivity (Wildman–Crippen MR) is 139 cm³/mol. The van der Waals surface area contributed by atoms with E-state index in [0.717, 1.165) is 16.8 Å². The first-order valence-electron chi connectivity index (χ1n) is 11.4. The monoisotopic (exact) mass is 523 g/mol. The number of nitrogens with zero attached hydrogens (tertiary/aromatic N) is 2. The van der Waals surface area contributed by atoms with Crippen molar-refractivity contribution in [2.45, 2.75) is 40.8 Å². The van der Waals surface area contributed by atoms with Crippen LogP contribution in [0.3, 0.4) is 0 Å². The van der Waals surface area contributed by atoms with Gasteiger partial charge in [0.15, 0.2) is 5.78 Å². The molecule has 0 saturated heterocycles. The Kier molecular flexibility index (Phi) is 6.44. The first kappa shape index (κ1) is 24.3. The summed E-state index contributed by atoms with van der Waals surface area (Å²) in [6.45, 7) is 1.52. The Labute approximate surface area is 216 Å². The zero-order valence-electron chi connectivity index (χ0n) is 19.2. The molecule has 3 aromatic rings. The van der Waals surface area contributed by atoms with Crippen molar-refractivity contribution in [2.24, 2.45) is 5.92 Å². The van der Waals surface area contributed by atoms with Crippen LogP contribution in [0.2, 0.25) is 0 Å². The number of Topliss-reactive ketones (excluding diaryl/α,β-unsaturated/α-hetero) is 1. The summed E-state index contributed by atoms with van der Waals surface area (Å²) in [5.41, 5.74) is 3.39. The molecule has 1 aliphatic carbocycles. The highest BCUT2D eigenvalue weighted by Gasteiger charge is 2.50. The molecule has 0 amide bonds. The highest BCUT2D eigenvalue weighted by molar-refractivity contribution is 8.00. The molecule has 1 saturated carbocycles. The Morgan fingerprint density at radius 1 is 1.03 bits per heavy atom. The largest absolute Gasteiger partial charge is 0.378 e. The lowest BCUT2D eigenvalue weighted by atomic mass is 9.76. The van der Waals surface area contributed by atoms with E-state index >= 15 is 0 Å². The normalized spacial score (nSPS) is 24.3. The van der Waals surface area contributed by atoms with Crippen LogP contribution in [0.15, 0.2) is 71.6 Å². The number of carbonyl (C=O) groups excluding carboxylic acids is 1. The smallest absolute Gasteiger partial charge is 0.282 e. The molecule has 0 radical (unpaired) electrons. The Morgan fingerprint density at radius 3 is 2.42 bits per heavy atom. The molecule has 0 spiro atoms. The minimum absolute atomic E-state index is 0.0175. The van der Waals surface area contributed by atoms with Gasteiger partial charge in [-0.05, 0) is 54.7 Å². The standard InChI is InChI=1S/C26H22ClN3O5S/c1-14(31)16-8-11-20-18(12-16)24-19(26(28-20)15-6-9-17(10-7-15)29(32)33)13-23(25(24)27)36-22-5-3-2-4-21(22)30(34)35/h2-12,19,23-26,28H,13H2,1H3. The Bertz CT molecular complexity index is 1370. The van der Waals surface area contributed by atoms with E-state index in [-0.39, 0.29) is 50.6 Å². The van der Waals surface area contributed by atoms with Crippen LogP contribution in [0, 0.1) is 26.1 Å². The first-order valence-corrected chi connectivity index (χ1v) is 12.8. The van der Waals surface area contributed by atoms with Gasteiger partial charge in [0.2, 0.25) is 0 Å². The molecule has 2 aliphatic rings. The third-order valence-electron chi connectivity index (χ3n) is 7.02. The van der Waals surface area contributed by atoms with Gasteiger partial charge in [-0.1, -0.05) is 24.3 Å². The van der Waals surface area contributed by atoms with Crippen LogP contribution in [0.25, 0.3) is 0 Å². The maximum Gasteiger partial charge on any atom is 0.282 e. The number of nitro benzene ring substituents is 2. The van der Waals surface area contributed by atoms with E-state index in [2.05, 4.69) is 5.32 Å². The van der Waals surface area contributed by atoms with E-state index < -0.39 is 4.92 Å². The third kappa shape index (κ3) is 4.33. The van der Waals surface area contributed by atoms with Gasteiger partial charge in [0, 0.05) is 40.6 Å². The molecule has 0 aromatic heterocycles. The molecular weight excluding hydrogens is 502 g/mol. The number of carbonyl (C=O) groups is 1. The second kappa shape index (κ2) is 9.55. The number of nitro groups is 2. The van der Waals surface area contributed by atoms with Crippen LogP contribution in [0.1, 0.15) is 46.8 Å². The summed E-state index contributed by atoms with van der Waals surface area (Å²) >= 11 is 8.53. The SMILES string of the molecule is CC(=O)c1ccc2c(c1)C1C(Cl)C(Sc3ccccc3[N+](=O)[O-])CC1C(c1ccc([N+](=O)[O-])cc1)N2. The number of anilines is 1. The minimum Gasteiger partial charge on any atom is -0.378 e. The van der Waals surface area contributed by atoms with E-state index in [4.69, 9.17) is 11.6 Å². The van der Waals surface area contributed by atoms with Gasteiger partial charge >= 0.3 is 0 Å². The zero-order valence-corrected chi connectivity index (χ0v) is 20.7. The van der Waals surface area contributed by atoms with E-state index in [0.29, 0.717) is 16.9 Å². The van der Waals surface area contributed by atoms with Gasteiger partial charge in [0.05, 0.1) is 26.2 Å². The van der Waals surface area contributed by atoms with Crippen molar-refractivity contribution in [1.82, 2.24) is 0 Å². The molecule has 1 aliphatic heterocycles. The average Bonchev–Trinajstić information content (AvgIpc) is 3.19. The molecule has 1 fully saturated rings. The number of benzene rings is 3. The highest BCUT2D eigenvalue weighted by Crippen LogP contribution is 2.58. The molecule has 0 bridgehead atoms. The van der Waals surface area contributed by atoms with Crippen molar-refractivity contribution in [3.8, 4) is 0 Å². The molecule has 1 heterocycles. The fraction of sp³-hybridized carbons (Fsp3) is 0.269. The topological polar surface area (TPSA) is 115 Å². The predicted octanol–water partition coefficient (Wildman–Crippen LogP) is 6.74. The van der Waals surface area contributed by atoms with Crippen molar-refractivity contribution in [3.05, 3.63) is 104 Å². The quantitative estimate of drug-likeness (QED) is 0.164. The number of nitrogens with one attached hydrogen (secondary N) is 1.